The summed E-state index contributed by atoms with van der Waals surface area (Å²) in [5, 5.41) is 7.64. The predicted molar refractivity (Wildman–Crippen MR) is 107 cm³/mol. The van der Waals surface area contributed by atoms with Crippen molar-refractivity contribution in [1.82, 2.24) is 0 Å². The average Bonchev–Trinajstić information content (AvgIpc) is 3.14. The maximum absolute atomic E-state index is 12.3. The Morgan fingerprint density at radius 1 is 1.04 bits per heavy atom. The summed E-state index contributed by atoms with van der Waals surface area (Å²) in [6, 6.07) is 19.5. The molecule has 1 aromatic heterocycles. The number of halogens is 1. The highest BCUT2D eigenvalue weighted by Gasteiger charge is 2.11. The topological polar surface area (TPSA) is 32.3 Å². The van der Waals surface area contributed by atoms with E-state index in [4.69, 9.17) is 11.6 Å². The second-order valence-corrected chi connectivity index (χ2v) is 6.85. The first-order chi connectivity index (χ1) is 12.2. The van der Waals surface area contributed by atoms with Gasteiger partial charge in [0.2, 0.25) is 5.91 Å². The summed E-state index contributed by atoms with van der Waals surface area (Å²) < 4.78 is 0. The van der Waals surface area contributed by atoms with Crippen molar-refractivity contribution in [1.29, 1.82) is 0 Å². The number of thiophene rings is 1. The molecule has 2 aromatic carbocycles. The van der Waals surface area contributed by atoms with Crippen molar-refractivity contribution in [3.63, 3.8) is 0 Å². The van der Waals surface area contributed by atoms with Gasteiger partial charge in [0.1, 0.15) is 0 Å². The van der Waals surface area contributed by atoms with E-state index in [2.05, 4.69) is 39.2 Å². The first kappa shape index (κ1) is 17.5. The fraction of sp³-hybridized carbons (Fsp3) is 0.150. The van der Waals surface area contributed by atoms with Crippen molar-refractivity contribution in [2.24, 2.45) is 0 Å². The minimum atomic E-state index is -0.0423. The summed E-state index contributed by atoms with van der Waals surface area (Å²) in [6.07, 6.45) is 0.393. The molecule has 0 saturated carbocycles. The molecule has 0 aliphatic heterocycles. The van der Waals surface area contributed by atoms with Crippen LogP contribution < -0.4 is 10.2 Å². The van der Waals surface area contributed by atoms with Gasteiger partial charge in [0, 0.05) is 25.2 Å². The lowest BCUT2D eigenvalue weighted by atomic mass is 10.2. The molecule has 0 radical (unpaired) electrons. The zero-order valence-electron chi connectivity index (χ0n) is 13.7. The van der Waals surface area contributed by atoms with Crippen molar-refractivity contribution >= 4 is 40.2 Å². The summed E-state index contributed by atoms with van der Waals surface area (Å²) in [5.41, 5.74) is 3.01. The predicted octanol–water partition coefficient (Wildman–Crippen LogP) is 5.44. The van der Waals surface area contributed by atoms with Crippen LogP contribution in [0.1, 0.15) is 12.0 Å². The van der Waals surface area contributed by atoms with Crippen LogP contribution in [0.2, 0.25) is 5.02 Å². The molecule has 0 unspecified atom stereocenters. The largest absolute Gasteiger partial charge is 0.367 e. The normalized spacial score (nSPS) is 10.4. The van der Waals surface area contributed by atoms with Crippen molar-refractivity contribution in [2.45, 2.75) is 13.0 Å². The van der Waals surface area contributed by atoms with E-state index in [9.17, 15) is 4.79 Å². The Balaban J connectivity index is 1.64. The molecular formula is C20H19ClN2OS. The highest BCUT2D eigenvalue weighted by Crippen LogP contribution is 2.21. The van der Waals surface area contributed by atoms with Crippen molar-refractivity contribution in [2.75, 3.05) is 16.8 Å². The molecular weight excluding hydrogens is 352 g/mol. The molecule has 0 spiro atoms. The Morgan fingerprint density at radius 3 is 2.52 bits per heavy atom. The van der Waals surface area contributed by atoms with E-state index in [-0.39, 0.29) is 5.91 Å². The third-order valence-corrected chi connectivity index (χ3v) is 4.89. The summed E-state index contributed by atoms with van der Waals surface area (Å²) in [5.74, 6) is -0.0423. The van der Waals surface area contributed by atoms with E-state index in [1.165, 1.54) is 5.56 Å². The lowest BCUT2D eigenvalue weighted by Crippen LogP contribution is -2.27. The van der Waals surface area contributed by atoms with Crippen LogP contribution in [0.4, 0.5) is 11.4 Å². The molecule has 1 amide bonds. The van der Waals surface area contributed by atoms with Crippen molar-refractivity contribution < 1.29 is 4.79 Å². The number of benzene rings is 2. The number of carbonyl (C=O) groups excluding carboxylic acids is 1. The van der Waals surface area contributed by atoms with Gasteiger partial charge in [-0.3, -0.25) is 4.79 Å². The third kappa shape index (κ3) is 5.08. The molecule has 128 valence electrons. The standard InChI is InChI=1S/C20H19ClN2OS/c21-18-8-4-5-9-19(18)22-20(24)10-12-23(14-16-11-13-25-15-16)17-6-2-1-3-7-17/h1-9,11,13,15H,10,12,14H2,(H,22,24). The zero-order valence-corrected chi connectivity index (χ0v) is 15.3. The lowest BCUT2D eigenvalue weighted by molar-refractivity contribution is -0.116. The van der Waals surface area contributed by atoms with Crippen molar-refractivity contribution in [3.8, 4) is 0 Å². The smallest absolute Gasteiger partial charge is 0.226 e. The molecule has 0 aliphatic rings. The van der Waals surface area contributed by atoms with Crippen LogP contribution in [0.5, 0.6) is 0 Å². The number of anilines is 2. The van der Waals surface area contributed by atoms with E-state index < -0.39 is 0 Å². The quantitative estimate of drug-likeness (QED) is 0.600. The Labute approximate surface area is 156 Å². The highest BCUT2D eigenvalue weighted by atomic mass is 35.5. The van der Waals surface area contributed by atoms with Gasteiger partial charge in [-0.25, -0.2) is 0 Å². The zero-order chi connectivity index (χ0) is 17.5. The Bertz CT molecular complexity index is 806. The van der Waals surface area contributed by atoms with Gasteiger partial charge in [0.05, 0.1) is 10.7 Å². The van der Waals surface area contributed by atoms with Gasteiger partial charge in [0.15, 0.2) is 0 Å². The number of nitrogens with zero attached hydrogens (tertiary/aromatic N) is 1. The average molecular weight is 371 g/mol. The fourth-order valence-electron chi connectivity index (χ4n) is 2.55. The lowest BCUT2D eigenvalue weighted by Gasteiger charge is -2.24. The van der Waals surface area contributed by atoms with Crippen LogP contribution in [0.25, 0.3) is 0 Å². The molecule has 3 nitrogen and oxygen atoms in total. The summed E-state index contributed by atoms with van der Waals surface area (Å²) in [4.78, 5) is 14.5. The molecule has 0 fully saturated rings. The van der Waals surface area contributed by atoms with Gasteiger partial charge in [0.25, 0.3) is 0 Å². The third-order valence-electron chi connectivity index (χ3n) is 3.83. The van der Waals surface area contributed by atoms with Crippen LogP contribution in [0.15, 0.2) is 71.4 Å². The van der Waals surface area contributed by atoms with Gasteiger partial charge in [-0.2, -0.15) is 11.3 Å². The Morgan fingerprint density at radius 2 is 1.80 bits per heavy atom. The molecule has 5 heteroatoms. The molecule has 0 atom stereocenters. The van der Waals surface area contributed by atoms with Crippen LogP contribution in [0.3, 0.4) is 0 Å². The molecule has 0 saturated heterocycles. The van der Waals surface area contributed by atoms with Crippen LogP contribution in [-0.2, 0) is 11.3 Å². The van der Waals surface area contributed by atoms with E-state index in [0.29, 0.717) is 23.7 Å². The van der Waals surface area contributed by atoms with E-state index in [1.54, 1.807) is 23.5 Å². The first-order valence-corrected chi connectivity index (χ1v) is 9.40. The number of rotatable bonds is 7. The Kier molecular flexibility index (Phi) is 6.09. The molecule has 1 N–H and O–H groups in total. The molecule has 25 heavy (non-hydrogen) atoms. The number of hydrogen-bond acceptors (Lipinski definition) is 3. The maximum Gasteiger partial charge on any atom is 0.226 e. The van der Waals surface area contributed by atoms with Gasteiger partial charge in [-0.1, -0.05) is 41.9 Å². The van der Waals surface area contributed by atoms with E-state index >= 15 is 0 Å². The van der Waals surface area contributed by atoms with Gasteiger partial charge >= 0.3 is 0 Å². The fourth-order valence-corrected chi connectivity index (χ4v) is 3.40. The van der Waals surface area contributed by atoms with Crippen molar-refractivity contribution in [3.05, 3.63) is 82.0 Å². The summed E-state index contributed by atoms with van der Waals surface area (Å²) >= 11 is 7.78. The second kappa shape index (κ2) is 8.70. The first-order valence-electron chi connectivity index (χ1n) is 8.08. The number of amides is 1. The highest BCUT2D eigenvalue weighted by molar-refractivity contribution is 7.07. The number of para-hydroxylation sites is 2. The minimum absolute atomic E-state index is 0.0423. The van der Waals surface area contributed by atoms with E-state index in [1.807, 2.05) is 30.3 Å². The molecule has 0 bridgehead atoms. The number of nitrogens with one attached hydrogen (secondary N) is 1. The minimum Gasteiger partial charge on any atom is -0.367 e. The Hall–Kier alpha value is -2.30. The van der Waals surface area contributed by atoms with Gasteiger partial charge < -0.3 is 10.2 Å². The molecule has 0 aliphatic carbocycles. The van der Waals surface area contributed by atoms with Crippen LogP contribution in [-0.4, -0.2) is 12.5 Å². The maximum atomic E-state index is 12.3. The number of hydrogen-bond donors (Lipinski definition) is 1. The van der Waals surface area contributed by atoms with Crippen LogP contribution in [0, 0.1) is 0 Å². The molecule has 3 aromatic rings. The summed E-state index contributed by atoms with van der Waals surface area (Å²) in [6.45, 7) is 1.42. The summed E-state index contributed by atoms with van der Waals surface area (Å²) in [7, 11) is 0. The van der Waals surface area contributed by atoms with Gasteiger partial charge in [-0.15, -0.1) is 0 Å². The van der Waals surface area contributed by atoms with Gasteiger partial charge in [-0.05, 0) is 46.7 Å². The SMILES string of the molecule is O=C(CCN(Cc1ccsc1)c1ccccc1)Nc1ccccc1Cl. The second-order valence-electron chi connectivity index (χ2n) is 5.67. The van der Waals surface area contributed by atoms with Crippen LogP contribution >= 0.6 is 22.9 Å². The number of carbonyl (C=O) groups is 1. The molecule has 3 rings (SSSR count). The van der Waals surface area contributed by atoms with E-state index in [0.717, 1.165) is 12.2 Å². The molecule has 1 heterocycles. The monoisotopic (exact) mass is 370 g/mol.